The average Bonchev–Trinajstić information content (AvgIpc) is 2.82. The van der Waals surface area contributed by atoms with Crippen LogP contribution in [0.4, 0.5) is 0 Å². The minimum absolute atomic E-state index is 0.0714. The van der Waals surface area contributed by atoms with Crippen LogP contribution in [-0.4, -0.2) is 31.8 Å². The molecule has 1 fully saturated rings. The Balaban J connectivity index is 2.16. The molecule has 4 nitrogen and oxygen atoms in total. The molecule has 102 valence electrons. The highest BCUT2D eigenvalue weighted by atomic mass is 32.1. The van der Waals surface area contributed by atoms with Crippen molar-refractivity contribution in [1.29, 1.82) is 0 Å². The monoisotopic (exact) mass is 287 g/mol. The third kappa shape index (κ3) is 3.61. The van der Waals surface area contributed by atoms with E-state index in [4.69, 9.17) is 13.9 Å². The zero-order chi connectivity index (χ0) is 13.4. The van der Waals surface area contributed by atoms with Gasteiger partial charge in [0.25, 0.3) is 0 Å². The molecule has 1 saturated heterocycles. The van der Waals surface area contributed by atoms with Gasteiger partial charge in [-0.25, -0.2) is 4.98 Å². The Morgan fingerprint density at radius 1 is 1.50 bits per heavy atom. The predicted octanol–water partition coefficient (Wildman–Crippen LogP) is 3.19. The molecule has 2 rings (SSSR count). The molecule has 2 atom stereocenters. The van der Waals surface area contributed by atoms with Gasteiger partial charge in [0.2, 0.25) is 0 Å². The SMILES string of the molecule is CC1(C)OC[C@H]([C@H](O[Si](C)(C)C)c2nccs2)O1. The molecule has 1 aromatic rings. The summed E-state index contributed by atoms with van der Waals surface area (Å²) in [6, 6.07) is 0. The van der Waals surface area contributed by atoms with E-state index in [1.54, 1.807) is 11.3 Å². The molecular weight excluding hydrogens is 266 g/mol. The van der Waals surface area contributed by atoms with Crippen LogP contribution in [0.5, 0.6) is 0 Å². The van der Waals surface area contributed by atoms with Crippen molar-refractivity contribution < 1.29 is 13.9 Å². The van der Waals surface area contributed by atoms with Gasteiger partial charge in [-0.05, 0) is 33.5 Å². The minimum atomic E-state index is -1.66. The second-order valence-corrected chi connectivity index (χ2v) is 11.3. The van der Waals surface area contributed by atoms with E-state index in [0.717, 1.165) is 5.01 Å². The van der Waals surface area contributed by atoms with Crippen molar-refractivity contribution in [3.05, 3.63) is 16.6 Å². The van der Waals surface area contributed by atoms with Gasteiger partial charge in [0.15, 0.2) is 14.1 Å². The summed E-state index contributed by atoms with van der Waals surface area (Å²) >= 11 is 1.61. The molecule has 6 heteroatoms. The predicted molar refractivity (Wildman–Crippen MR) is 74.2 cm³/mol. The van der Waals surface area contributed by atoms with Crippen LogP contribution in [0.3, 0.4) is 0 Å². The summed E-state index contributed by atoms with van der Waals surface area (Å²) in [4.78, 5) is 4.37. The highest BCUT2D eigenvalue weighted by Gasteiger charge is 2.41. The Morgan fingerprint density at radius 2 is 2.22 bits per heavy atom. The molecule has 0 N–H and O–H groups in total. The molecule has 1 aliphatic heterocycles. The zero-order valence-electron chi connectivity index (χ0n) is 11.6. The van der Waals surface area contributed by atoms with Crippen LogP contribution in [0.25, 0.3) is 0 Å². The Hall–Kier alpha value is -0.273. The number of ether oxygens (including phenoxy) is 2. The van der Waals surface area contributed by atoms with E-state index in [9.17, 15) is 0 Å². The second kappa shape index (κ2) is 5.01. The van der Waals surface area contributed by atoms with Crippen LogP contribution < -0.4 is 0 Å². The van der Waals surface area contributed by atoms with Crippen molar-refractivity contribution in [2.75, 3.05) is 6.61 Å². The van der Waals surface area contributed by atoms with Gasteiger partial charge >= 0.3 is 0 Å². The quantitative estimate of drug-likeness (QED) is 0.797. The van der Waals surface area contributed by atoms with Crippen LogP contribution in [0.1, 0.15) is 25.0 Å². The molecule has 0 saturated carbocycles. The first-order valence-electron chi connectivity index (χ1n) is 6.16. The molecule has 0 unspecified atom stereocenters. The molecule has 1 aliphatic rings. The molecule has 0 bridgehead atoms. The fourth-order valence-electron chi connectivity index (χ4n) is 1.91. The van der Waals surface area contributed by atoms with Crippen LogP contribution in [-0.2, 0) is 13.9 Å². The Morgan fingerprint density at radius 3 is 2.67 bits per heavy atom. The smallest absolute Gasteiger partial charge is 0.184 e. The number of rotatable bonds is 4. The molecule has 0 aliphatic carbocycles. The van der Waals surface area contributed by atoms with Crippen LogP contribution in [0.15, 0.2) is 11.6 Å². The van der Waals surface area contributed by atoms with Crippen LogP contribution in [0, 0.1) is 0 Å². The summed E-state index contributed by atoms with van der Waals surface area (Å²) in [5.74, 6) is -0.525. The molecule has 18 heavy (non-hydrogen) atoms. The molecule has 0 aromatic carbocycles. The standard InChI is InChI=1S/C12H21NO3SSi/c1-12(2)14-8-9(15-12)10(16-18(3,4)5)11-13-6-7-17-11/h6-7,9-10H,8H2,1-5H3/t9-,10+/m1/s1. The van der Waals surface area contributed by atoms with E-state index in [1.165, 1.54) is 0 Å². The second-order valence-electron chi connectivity index (χ2n) is 5.89. The number of hydrogen-bond donors (Lipinski definition) is 0. The highest BCUT2D eigenvalue weighted by molar-refractivity contribution is 7.09. The first-order chi connectivity index (χ1) is 8.27. The number of thiazole rings is 1. The van der Waals surface area contributed by atoms with Crippen LogP contribution in [0.2, 0.25) is 19.6 Å². The van der Waals surface area contributed by atoms with Gasteiger partial charge in [0.05, 0.1) is 6.61 Å². The van der Waals surface area contributed by atoms with E-state index in [2.05, 4.69) is 24.6 Å². The molecule has 0 radical (unpaired) electrons. The Bertz CT molecular complexity index is 389. The number of aromatic nitrogens is 1. The maximum Gasteiger partial charge on any atom is 0.184 e. The summed E-state index contributed by atoms with van der Waals surface area (Å²) in [7, 11) is -1.66. The van der Waals surface area contributed by atoms with Gasteiger partial charge in [-0.15, -0.1) is 11.3 Å². The first kappa shape index (κ1) is 14.1. The Labute approximate surface area is 113 Å². The first-order valence-corrected chi connectivity index (χ1v) is 10.4. The van der Waals surface area contributed by atoms with Gasteiger partial charge < -0.3 is 13.9 Å². The van der Waals surface area contributed by atoms with E-state index in [0.29, 0.717) is 6.61 Å². The van der Waals surface area contributed by atoms with E-state index < -0.39 is 14.1 Å². The van der Waals surface area contributed by atoms with Gasteiger partial charge in [0, 0.05) is 11.6 Å². The lowest BCUT2D eigenvalue weighted by atomic mass is 10.2. The van der Waals surface area contributed by atoms with Crippen molar-refractivity contribution in [1.82, 2.24) is 4.98 Å². The largest absolute Gasteiger partial charge is 0.405 e. The highest BCUT2D eigenvalue weighted by Crippen LogP contribution is 2.35. The zero-order valence-corrected chi connectivity index (χ0v) is 13.4. The van der Waals surface area contributed by atoms with Gasteiger partial charge in [-0.3, -0.25) is 0 Å². The van der Waals surface area contributed by atoms with Gasteiger partial charge in [-0.2, -0.15) is 0 Å². The fraction of sp³-hybridized carbons (Fsp3) is 0.750. The minimum Gasteiger partial charge on any atom is -0.405 e. The van der Waals surface area contributed by atoms with Crippen molar-refractivity contribution in [2.24, 2.45) is 0 Å². The molecule has 0 amide bonds. The topological polar surface area (TPSA) is 40.6 Å². The number of nitrogens with zero attached hydrogens (tertiary/aromatic N) is 1. The summed E-state index contributed by atoms with van der Waals surface area (Å²) in [5, 5.41) is 2.94. The van der Waals surface area contributed by atoms with E-state index in [-0.39, 0.29) is 12.2 Å². The fourth-order valence-corrected chi connectivity index (χ4v) is 3.73. The van der Waals surface area contributed by atoms with Gasteiger partial charge in [0.1, 0.15) is 17.2 Å². The normalized spacial score (nSPS) is 25.3. The maximum atomic E-state index is 6.24. The third-order valence-corrected chi connectivity index (χ3v) is 4.34. The maximum absolute atomic E-state index is 6.24. The van der Waals surface area contributed by atoms with Crippen LogP contribution >= 0.6 is 11.3 Å². The summed E-state index contributed by atoms with van der Waals surface area (Å²) < 4.78 is 17.8. The van der Waals surface area contributed by atoms with Crippen molar-refractivity contribution in [2.45, 2.75) is 51.5 Å². The number of hydrogen-bond acceptors (Lipinski definition) is 5. The van der Waals surface area contributed by atoms with Crippen molar-refractivity contribution in [3.63, 3.8) is 0 Å². The lowest BCUT2D eigenvalue weighted by Gasteiger charge is -2.29. The average molecular weight is 287 g/mol. The lowest BCUT2D eigenvalue weighted by molar-refractivity contribution is -0.150. The Kier molecular flexibility index (Phi) is 3.94. The summed E-state index contributed by atoms with van der Waals surface area (Å²) in [5.41, 5.74) is 0. The summed E-state index contributed by atoms with van der Waals surface area (Å²) in [6.07, 6.45) is 1.62. The lowest BCUT2D eigenvalue weighted by Crippen LogP contribution is -2.35. The van der Waals surface area contributed by atoms with E-state index >= 15 is 0 Å². The van der Waals surface area contributed by atoms with Crippen molar-refractivity contribution in [3.8, 4) is 0 Å². The molecule has 0 spiro atoms. The third-order valence-electron chi connectivity index (χ3n) is 2.54. The van der Waals surface area contributed by atoms with E-state index in [1.807, 2.05) is 25.4 Å². The summed E-state index contributed by atoms with van der Waals surface area (Å²) in [6.45, 7) is 10.9. The molecule has 1 aromatic heterocycles. The molecule has 2 heterocycles. The van der Waals surface area contributed by atoms with Gasteiger partial charge in [-0.1, -0.05) is 0 Å². The van der Waals surface area contributed by atoms with Crippen molar-refractivity contribution >= 4 is 19.7 Å². The molecular formula is C12H21NO3SSi.